The molecule has 18 heavy (non-hydrogen) atoms. The summed E-state index contributed by atoms with van der Waals surface area (Å²) in [6.07, 6.45) is 0. The third-order valence-corrected chi connectivity index (χ3v) is 2.49. The Morgan fingerprint density at radius 2 is 2.28 bits per heavy atom. The highest BCUT2D eigenvalue weighted by Crippen LogP contribution is 2.17. The molecule has 7 heteroatoms. The Kier molecular flexibility index (Phi) is 2.36. The number of rotatable bonds is 3. The van der Waals surface area contributed by atoms with Crippen LogP contribution < -0.4 is 11.1 Å². The Bertz CT molecular complexity index is 686. The minimum atomic E-state index is 0.451. The van der Waals surface area contributed by atoms with Gasteiger partial charge in [0, 0.05) is 12.6 Å². The number of hydrogen-bond acceptors (Lipinski definition) is 6. The second-order valence-corrected chi connectivity index (χ2v) is 3.95. The Hall–Kier alpha value is -2.57. The van der Waals surface area contributed by atoms with Crippen LogP contribution in [0.15, 0.2) is 22.7 Å². The van der Waals surface area contributed by atoms with Gasteiger partial charge in [0.2, 0.25) is 11.8 Å². The van der Waals surface area contributed by atoms with Crippen LogP contribution in [-0.2, 0) is 6.54 Å². The molecule has 0 saturated heterocycles. The number of aromatic amines is 1. The van der Waals surface area contributed by atoms with Crippen LogP contribution in [0.4, 0.5) is 11.6 Å². The average molecular weight is 244 g/mol. The van der Waals surface area contributed by atoms with Crippen molar-refractivity contribution in [2.75, 3.05) is 11.1 Å². The number of anilines is 2. The number of nitrogens with zero attached hydrogens (tertiary/aromatic N) is 3. The fourth-order valence-corrected chi connectivity index (χ4v) is 1.69. The lowest BCUT2D eigenvalue weighted by molar-refractivity contribution is 0.388. The lowest BCUT2D eigenvalue weighted by atomic mass is 10.3. The Balaban J connectivity index is 1.78. The molecule has 92 valence electrons. The first kappa shape index (κ1) is 10.6. The molecule has 0 spiro atoms. The van der Waals surface area contributed by atoms with Crippen molar-refractivity contribution >= 4 is 22.7 Å². The van der Waals surface area contributed by atoms with Crippen LogP contribution in [-0.4, -0.2) is 20.1 Å². The molecule has 2 heterocycles. The first-order valence-corrected chi connectivity index (χ1v) is 5.49. The number of nitrogen functional groups attached to an aromatic ring is 1. The van der Waals surface area contributed by atoms with Gasteiger partial charge in [-0.2, -0.15) is 4.98 Å². The van der Waals surface area contributed by atoms with Crippen molar-refractivity contribution in [3.8, 4) is 0 Å². The normalized spacial score (nSPS) is 10.9. The third-order valence-electron chi connectivity index (χ3n) is 2.49. The number of aryl methyl sites for hydroxylation is 1. The number of fused-ring (bicyclic) bond motifs is 1. The molecule has 2 aromatic heterocycles. The van der Waals surface area contributed by atoms with Crippen molar-refractivity contribution in [2.45, 2.75) is 13.5 Å². The summed E-state index contributed by atoms with van der Waals surface area (Å²) in [6, 6.07) is 5.52. The molecule has 3 rings (SSSR count). The molecule has 0 fully saturated rings. The summed E-state index contributed by atoms with van der Waals surface area (Å²) in [6.45, 7) is 2.20. The van der Waals surface area contributed by atoms with Crippen molar-refractivity contribution in [3.05, 3.63) is 29.9 Å². The van der Waals surface area contributed by atoms with Gasteiger partial charge < -0.3 is 20.6 Å². The number of aromatic nitrogens is 4. The molecular weight excluding hydrogens is 232 g/mol. The van der Waals surface area contributed by atoms with Gasteiger partial charge in [-0.3, -0.25) is 0 Å². The van der Waals surface area contributed by atoms with E-state index < -0.39 is 0 Å². The van der Waals surface area contributed by atoms with Crippen LogP contribution in [0, 0.1) is 6.92 Å². The summed E-state index contributed by atoms with van der Waals surface area (Å²) < 4.78 is 4.88. The minimum absolute atomic E-state index is 0.451. The van der Waals surface area contributed by atoms with Gasteiger partial charge in [0.1, 0.15) is 0 Å². The van der Waals surface area contributed by atoms with E-state index in [0.29, 0.717) is 29.9 Å². The topological polar surface area (TPSA) is 106 Å². The second-order valence-electron chi connectivity index (χ2n) is 3.95. The van der Waals surface area contributed by atoms with E-state index in [0.717, 1.165) is 11.0 Å². The van der Waals surface area contributed by atoms with Gasteiger partial charge in [-0.15, -0.1) is 0 Å². The predicted octanol–water partition coefficient (Wildman–Crippen LogP) is 1.45. The van der Waals surface area contributed by atoms with Gasteiger partial charge in [0.15, 0.2) is 5.82 Å². The van der Waals surface area contributed by atoms with E-state index in [9.17, 15) is 0 Å². The van der Waals surface area contributed by atoms with Crippen LogP contribution in [0.25, 0.3) is 11.0 Å². The van der Waals surface area contributed by atoms with E-state index in [1.54, 1.807) is 6.92 Å². The molecule has 7 nitrogen and oxygen atoms in total. The van der Waals surface area contributed by atoms with Crippen LogP contribution in [0.3, 0.4) is 0 Å². The smallest absolute Gasteiger partial charge is 0.223 e. The fraction of sp³-hybridized carbons (Fsp3) is 0.182. The molecule has 0 unspecified atom stereocenters. The highest BCUT2D eigenvalue weighted by Gasteiger charge is 2.05. The molecule has 4 N–H and O–H groups in total. The zero-order chi connectivity index (χ0) is 12.5. The molecular formula is C11H12N6O. The van der Waals surface area contributed by atoms with Crippen LogP contribution in [0.1, 0.15) is 11.7 Å². The fourth-order valence-electron chi connectivity index (χ4n) is 1.69. The summed E-state index contributed by atoms with van der Waals surface area (Å²) in [5, 5.41) is 6.88. The maximum absolute atomic E-state index is 5.70. The van der Waals surface area contributed by atoms with Gasteiger partial charge in [-0.1, -0.05) is 5.16 Å². The monoisotopic (exact) mass is 244 g/mol. The minimum Gasteiger partial charge on any atom is -0.399 e. The maximum atomic E-state index is 5.70. The summed E-state index contributed by atoms with van der Waals surface area (Å²) in [5.74, 6) is 1.79. The van der Waals surface area contributed by atoms with Crippen molar-refractivity contribution in [2.24, 2.45) is 0 Å². The lowest BCUT2D eigenvalue weighted by Gasteiger charge is -1.96. The van der Waals surface area contributed by atoms with E-state index in [4.69, 9.17) is 10.3 Å². The zero-order valence-corrected chi connectivity index (χ0v) is 9.77. The molecule has 0 aliphatic rings. The van der Waals surface area contributed by atoms with Crippen molar-refractivity contribution < 1.29 is 4.52 Å². The van der Waals surface area contributed by atoms with Crippen molar-refractivity contribution in [1.29, 1.82) is 0 Å². The molecule has 1 aromatic carbocycles. The van der Waals surface area contributed by atoms with Gasteiger partial charge in [-0.25, -0.2) is 4.98 Å². The number of nitrogens with two attached hydrogens (primary N) is 1. The average Bonchev–Trinajstić information content (AvgIpc) is 2.92. The van der Waals surface area contributed by atoms with Gasteiger partial charge in [-0.05, 0) is 18.2 Å². The number of hydrogen-bond donors (Lipinski definition) is 3. The quantitative estimate of drug-likeness (QED) is 0.602. The molecule has 0 saturated carbocycles. The van der Waals surface area contributed by atoms with Gasteiger partial charge >= 0.3 is 0 Å². The number of H-pyrrole nitrogens is 1. The largest absolute Gasteiger partial charge is 0.399 e. The third kappa shape index (κ3) is 1.97. The SMILES string of the molecule is Cc1nc(CNc2nc3ccc(N)cc3[nH]2)no1. The Morgan fingerprint density at radius 1 is 1.39 bits per heavy atom. The van der Waals surface area contributed by atoms with E-state index in [2.05, 4.69) is 25.4 Å². The molecule has 0 aliphatic carbocycles. The lowest BCUT2D eigenvalue weighted by Crippen LogP contribution is -2.02. The number of benzene rings is 1. The number of imidazole rings is 1. The van der Waals surface area contributed by atoms with E-state index in [1.165, 1.54) is 0 Å². The highest BCUT2D eigenvalue weighted by atomic mass is 16.5. The molecule has 0 amide bonds. The van der Waals surface area contributed by atoms with Crippen LogP contribution in [0.5, 0.6) is 0 Å². The first-order chi connectivity index (χ1) is 8.70. The maximum Gasteiger partial charge on any atom is 0.223 e. The van der Waals surface area contributed by atoms with Crippen molar-refractivity contribution in [1.82, 2.24) is 20.1 Å². The molecule has 0 radical (unpaired) electrons. The van der Waals surface area contributed by atoms with Gasteiger partial charge in [0.25, 0.3) is 0 Å². The first-order valence-electron chi connectivity index (χ1n) is 5.49. The predicted molar refractivity (Wildman–Crippen MR) is 66.9 cm³/mol. The zero-order valence-electron chi connectivity index (χ0n) is 9.77. The van der Waals surface area contributed by atoms with E-state index in [1.807, 2.05) is 18.2 Å². The second kappa shape index (κ2) is 4.02. The summed E-state index contributed by atoms with van der Waals surface area (Å²) in [4.78, 5) is 11.6. The molecule has 3 aromatic rings. The number of nitrogens with one attached hydrogen (secondary N) is 2. The summed E-state index contributed by atoms with van der Waals surface area (Å²) in [7, 11) is 0. The summed E-state index contributed by atoms with van der Waals surface area (Å²) >= 11 is 0. The van der Waals surface area contributed by atoms with Crippen LogP contribution in [0.2, 0.25) is 0 Å². The molecule has 0 aliphatic heterocycles. The molecule has 0 bridgehead atoms. The molecule has 0 atom stereocenters. The Morgan fingerprint density at radius 3 is 3.06 bits per heavy atom. The standard InChI is InChI=1S/C11H12N6O/c1-6-14-10(17-18-6)5-13-11-15-8-3-2-7(12)4-9(8)16-11/h2-4H,5,12H2,1H3,(H2,13,15,16). The van der Waals surface area contributed by atoms with Crippen molar-refractivity contribution in [3.63, 3.8) is 0 Å². The summed E-state index contributed by atoms with van der Waals surface area (Å²) in [5.41, 5.74) is 8.15. The van der Waals surface area contributed by atoms with Gasteiger partial charge in [0.05, 0.1) is 17.6 Å². The van der Waals surface area contributed by atoms with E-state index in [-0.39, 0.29) is 0 Å². The highest BCUT2D eigenvalue weighted by molar-refractivity contribution is 5.80. The van der Waals surface area contributed by atoms with Crippen LogP contribution >= 0.6 is 0 Å². The Labute approximate surface area is 102 Å². The van der Waals surface area contributed by atoms with E-state index >= 15 is 0 Å².